The van der Waals surface area contributed by atoms with Crippen molar-refractivity contribution in [2.24, 2.45) is 0 Å². The molecule has 126 valence electrons. The molecule has 0 aliphatic carbocycles. The first-order valence-corrected chi connectivity index (χ1v) is 7.59. The topological polar surface area (TPSA) is 46.1 Å². The molecule has 24 heavy (non-hydrogen) atoms. The molecule has 3 rings (SSSR count). The largest absolute Gasteiger partial charge is 0.416 e. The smallest absolute Gasteiger partial charge is 0.337 e. The summed E-state index contributed by atoms with van der Waals surface area (Å²) in [6, 6.07) is 5.32. The number of nitrogens with zero attached hydrogens (tertiary/aromatic N) is 3. The van der Waals surface area contributed by atoms with Crippen LogP contribution < -0.4 is 0 Å². The highest BCUT2D eigenvalue weighted by atomic mass is 19.4. The normalized spacial score (nSPS) is 18.0. The van der Waals surface area contributed by atoms with E-state index in [0.29, 0.717) is 25.1 Å². The van der Waals surface area contributed by atoms with Gasteiger partial charge in [0.25, 0.3) is 5.91 Å². The maximum atomic E-state index is 12.8. The highest BCUT2D eigenvalue weighted by molar-refractivity contribution is 5.92. The molecule has 2 heterocycles. The van der Waals surface area contributed by atoms with Gasteiger partial charge in [-0.25, -0.2) is 4.98 Å². The number of aromatic nitrogens is 2. The van der Waals surface area contributed by atoms with Crippen LogP contribution in [0.5, 0.6) is 0 Å². The van der Waals surface area contributed by atoms with Gasteiger partial charge in [0.2, 0.25) is 0 Å². The Hall–Kier alpha value is -2.44. The summed E-state index contributed by atoms with van der Waals surface area (Å²) in [5.74, 6) is -0.341. The Bertz CT molecular complexity index is 743. The molecule has 1 aromatic heterocycles. The molecule has 0 saturated carbocycles. The van der Waals surface area contributed by atoms with E-state index in [-0.39, 0.29) is 17.5 Å². The fraction of sp³-hybridized carbons (Fsp3) is 0.353. The van der Waals surface area contributed by atoms with E-state index >= 15 is 0 Å². The second-order valence-corrected chi connectivity index (χ2v) is 5.90. The molecule has 1 fully saturated rings. The van der Waals surface area contributed by atoms with E-state index in [1.165, 1.54) is 24.5 Å². The van der Waals surface area contributed by atoms with Crippen molar-refractivity contribution >= 4 is 5.91 Å². The summed E-state index contributed by atoms with van der Waals surface area (Å²) >= 11 is 0. The van der Waals surface area contributed by atoms with E-state index in [2.05, 4.69) is 9.97 Å². The van der Waals surface area contributed by atoms with E-state index < -0.39 is 11.7 Å². The fourth-order valence-corrected chi connectivity index (χ4v) is 2.85. The van der Waals surface area contributed by atoms with Crippen molar-refractivity contribution in [3.8, 4) is 0 Å². The van der Waals surface area contributed by atoms with Crippen molar-refractivity contribution in [2.75, 3.05) is 13.1 Å². The van der Waals surface area contributed by atoms with Crippen LogP contribution in [0.25, 0.3) is 0 Å². The third kappa shape index (κ3) is 3.39. The summed E-state index contributed by atoms with van der Waals surface area (Å²) in [7, 11) is 0. The second-order valence-electron chi connectivity index (χ2n) is 5.90. The molecule has 0 spiro atoms. The first kappa shape index (κ1) is 16.4. The van der Waals surface area contributed by atoms with Gasteiger partial charge in [0.15, 0.2) is 0 Å². The molecule has 1 amide bonds. The van der Waals surface area contributed by atoms with E-state index in [1.54, 1.807) is 17.9 Å². The van der Waals surface area contributed by atoms with Crippen molar-refractivity contribution in [1.29, 1.82) is 0 Å². The van der Waals surface area contributed by atoms with Crippen LogP contribution in [0, 0.1) is 6.92 Å². The molecular formula is C17H16F3N3O. The lowest BCUT2D eigenvalue weighted by Gasteiger charge is -2.17. The van der Waals surface area contributed by atoms with Crippen LogP contribution in [-0.4, -0.2) is 33.9 Å². The Morgan fingerprint density at radius 3 is 2.71 bits per heavy atom. The molecule has 7 heteroatoms. The molecule has 0 N–H and O–H groups in total. The zero-order chi connectivity index (χ0) is 17.3. The van der Waals surface area contributed by atoms with Crippen LogP contribution in [0.2, 0.25) is 0 Å². The Morgan fingerprint density at radius 1 is 1.25 bits per heavy atom. The summed E-state index contributed by atoms with van der Waals surface area (Å²) in [6.45, 7) is 2.66. The van der Waals surface area contributed by atoms with Crippen molar-refractivity contribution in [3.63, 3.8) is 0 Å². The zero-order valence-corrected chi connectivity index (χ0v) is 13.0. The minimum atomic E-state index is -4.36. The Morgan fingerprint density at radius 2 is 2.04 bits per heavy atom. The van der Waals surface area contributed by atoms with Gasteiger partial charge in [0.05, 0.1) is 17.5 Å². The molecule has 1 aliphatic heterocycles. The minimum Gasteiger partial charge on any atom is -0.337 e. The SMILES string of the molecule is Cc1cnc(C(=O)N2CC[C@@H](c3cccc(C(F)(F)F)c3)C2)cn1. The zero-order valence-electron chi connectivity index (χ0n) is 13.0. The van der Waals surface area contributed by atoms with Gasteiger partial charge in [-0.2, -0.15) is 13.2 Å². The summed E-state index contributed by atoms with van der Waals surface area (Å²) in [5.41, 5.74) is 0.921. The molecule has 0 radical (unpaired) electrons. The number of hydrogen-bond donors (Lipinski definition) is 0. The van der Waals surface area contributed by atoms with Crippen molar-refractivity contribution in [3.05, 3.63) is 59.2 Å². The van der Waals surface area contributed by atoms with Gasteiger partial charge in [-0.3, -0.25) is 9.78 Å². The monoisotopic (exact) mass is 335 g/mol. The molecule has 1 atom stereocenters. The number of halogens is 3. The molecule has 2 aromatic rings. The Labute approximate surface area is 137 Å². The number of likely N-dealkylation sites (tertiary alicyclic amines) is 1. The molecule has 0 unspecified atom stereocenters. The number of alkyl halides is 3. The lowest BCUT2D eigenvalue weighted by molar-refractivity contribution is -0.137. The number of carbonyl (C=O) groups excluding carboxylic acids is 1. The molecule has 4 nitrogen and oxygen atoms in total. The third-order valence-corrected chi connectivity index (χ3v) is 4.16. The third-order valence-electron chi connectivity index (χ3n) is 4.16. The van der Waals surface area contributed by atoms with Crippen LogP contribution in [0.1, 0.15) is 39.6 Å². The van der Waals surface area contributed by atoms with Crippen molar-refractivity contribution in [1.82, 2.24) is 14.9 Å². The van der Waals surface area contributed by atoms with Crippen LogP contribution in [-0.2, 0) is 6.18 Å². The van der Waals surface area contributed by atoms with Gasteiger partial charge < -0.3 is 4.90 Å². The summed E-state index contributed by atoms with van der Waals surface area (Å²) in [4.78, 5) is 22.1. The quantitative estimate of drug-likeness (QED) is 0.845. The lowest BCUT2D eigenvalue weighted by Crippen LogP contribution is -2.29. The standard InChI is InChI=1S/C17H16F3N3O/c1-11-8-22-15(9-21-11)16(24)23-6-5-13(10-23)12-3-2-4-14(7-12)17(18,19)20/h2-4,7-9,13H,5-6,10H2,1H3/t13-/m1/s1. The molecule has 1 saturated heterocycles. The average molecular weight is 335 g/mol. The maximum Gasteiger partial charge on any atom is 0.416 e. The number of rotatable bonds is 2. The number of hydrogen-bond acceptors (Lipinski definition) is 3. The minimum absolute atomic E-state index is 0.102. The van der Waals surface area contributed by atoms with Crippen LogP contribution in [0.4, 0.5) is 13.2 Å². The summed E-state index contributed by atoms with van der Waals surface area (Å²) < 4.78 is 38.5. The van der Waals surface area contributed by atoms with Gasteiger partial charge >= 0.3 is 6.18 Å². The second kappa shape index (κ2) is 6.22. The molecular weight excluding hydrogens is 319 g/mol. The van der Waals surface area contributed by atoms with E-state index in [1.807, 2.05) is 0 Å². The van der Waals surface area contributed by atoms with Crippen LogP contribution >= 0.6 is 0 Å². The van der Waals surface area contributed by atoms with Gasteiger partial charge in [0, 0.05) is 25.2 Å². The van der Waals surface area contributed by atoms with Crippen LogP contribution in [0.3, 0.4) is 0 Å². The van der Waals surface area contributed by atoms with Gasteiger partial charge in [-0.15, -0.1) is 0 Å². The maximum absolute atomic E-state index is 12.8. The first-order chi connectivity index (χ1) is 11.3. The lowest BCUT2D eigenvalue weighted by atomic mass is 9.96. The molecule has 0 bridgehead atoms. The van der Waals surface area contributed by atoms with E-state index in [0.717, 1.165) is 11.8 Å². The predicted octanol–water partition coefficient (Wildman–Crippen LogP) is 3.43. The van der Waals surface area contributed by atoms with Gasteiger partial charge in [0.1, 0.15) is 5.69 Å². The Balaban J connectivity index is 1.73. The van der Waals surface area contributed by atoms with E-state index in [4.69, 9.17) is 0 Å². The fourth-order valence-electron chi connectivity index (χ4n) is 2.85. The molecule has 1 aromatic carbocycles. The average Bonchev–Trinajstić information content (AvgIpc) is 3.04. The number of amides is 1. The van der Waals surface area contributed by atoms with Crippen LogP contribution in [0.15, 0.2) is 36.7 Å². The summed E-state index contributed by atoms with van der Waals surface area (Å²) in [5, 5.41) is 0. The highest BCUT2D eigenvalue weighted by Crippen LogP contribution is 2.34. The predicted molar refractivity (Wildman–Crippen MR) is 81.5 cm³/mol. The first-order valence-electron chi connectivity index (χ1n) is 7.59. The van der Waals surface area contributed by atoms with Gasteiger partial charge in [-0.1, -0.05) is 18.2 Å². The number of carbonyl (C=O) groups is 1. The van der Waals surface area contributed by atoms with E-state index in [9.17, 15) is 18.0 Å². The van der Waals surface area contributed by atoms with Crippen molar-refractivity contribution < 1.29 is 18.0 Å². The number of benzene rings is 1. The Kier molecular flexibility index (Phi) is 4.26. The van der Waals surface area contributed by atoms with Gasteiger partial charge in [-0.05, 0) is 25.0 Å². The molecule has 1 aliphatic rings. The number of aryl methyl sites for hydroxylation is 1. The summed E-state index contributed by atoms with van der Waals surface area (Å²) in [6.07, 6.45) is -0.781. The highest BCUT2D eigenvalue weighted by Gasteiger charge is 2.33. The van der Waals surface area contributed by atoms with Crippen molar-refractivity contribution in [2.45, 2.75) is 25.4 Å².